The predicted molar refractivity (Wildman–Crippen MR) is 156 cm³/mol. The van der Waals surface area contributed by atoms with Gasteiger partial charge in [0.25, 0.3) is 5.91 Å². The number of aromatic nitrogens is 2. The van der Waals surface area contributed by atoms with Crippen LogP contribution in [0.4, 0.5) is 4.39 Å². The van der Waals surface area contributed by atoms with Crippen LogP contribution in [0.25, 0.3) is 16.6 Å². The Labute approximate surface area is 236 Å². The minimum Gasteiger partial charge on any atom is -0.343 e. The Morgan fingerprint density at radius 3 is 2.67 bits per heavy atom. The number of halogens is 1. The molecule has 2 atom stereocenters. The van der Waals surface area contributed by atoms with Crippen molar-refractivity contribution in [2.75, 3.05) is 33.2 Å². The van der Waals surface area contributed by atoms with Gasteiger partial charge in [0, 0.05) is 63.5 Å². The maximum atomic E-state index is 14.4. The van der Waals surface area contributed by atoms with Gasteiger partial charge in [0.2, 0.25) is 5.91 Å². The van der Waals surface area contributed by atoms with E-state index >= 15 is 0 Å². The zero-order valence-corrected chi connectivity index (χ0v) is 24.5. The molecule has 2 aromatic heterocycles. The topological polar surface area (TPSA) is 61.7 Å². The van der Waals surface area contributed by atoms with Crippen LogP contribution in [0, 0.1) is 18.7 Å². The van der Waals surface area contributed by atoms with Crippen LogP contribution in [0.1, 0.15) is 67.9 Å². The number of amides is 2. The Kier molecular flexibility index (Phi) is 8.26. The van der Waals surface area contributed by atoms with E-state index < -0.39 is 5.82 Å². The summed E-state index contributed by atoms with van der Waals surface area (Å²) in [5.74, 6) is 0.0844. The highest BCUT2D eigenvalue weighted by Crippen LogP contribution is 2.33. The van der Waals surface area contributed by atoms with Crippen molar-refractivity contribution in [3.05, 3.63) is 59.3 Å². The molecule has 214 valence electrons. The van der Waals surface area contributed by atoms with Gasteiger partial charge < -0.3 is 19.3 Å². The van der Waals surface area contributed by atoms with Gasteiger partial charge in [-0.15, -0.1) is 0 Å². The number of benzene rings is 1. The van der Waals surface area contributed by atoms with E-state index in [0.717, 1.165) is 69.4 Å². The van der Waals surface area contributed by atoms with E-state index in [0.29, 0.717) is 23.2 Å². The largest absolute Gasteiger partial charge is 0.343 e. The van der Waals surface area contributed by atoms with Gasteiger partial charge in [-0.1, -0.05) is 0 Å². The normalized spacial score (nSPS) is 20.3. The first-order chi connectivity index (χ1) is 19.1. The molecular formula is C32H42FN5O2. The Hall–Kier alpha value is -3.26. The fourth-order valence-corrected chi connectivity index (χ4v) is 6.54. The van der Waals surface area contributed by atoms with Crippen LogP contribution in [0.5, 0.6) is 0 Å². The highest BCUT2D eigenvalue weighted by molar-refractivity contribution is 5.99. The minimum absolute atomic E-state index is 0.00574. The van der Waals surface area contributed by atoms with Crippen molar-refractivity contribution >= 4 is 22.7 Å². The summed E-state index contributed by atoms with van der Waals surface area (Å²) in [5, 5.41) is 1.17. The first-order valence-electron chi connectivity index (χ1n) is 14.6. The van der Waals surface area contributed by atoms with Gasteiger partial charge in [-0.05, 0) is 94.7 Å². The predicted octanol–water partition coefficient (Wildman–Crippen LogP) is 5.22. The minimum atomic E-state index is -0.425. The molecule has 2 saturated heterocycles. The van der Waals surface area contributed by atoms with Gasteiger partial charge in [-0.3, -0.25) is 14.6 Å². The van der Waals surface area contributed by atoms with Crippen LogP contribution >= 0.6 is 0 Å². The fraction of sp³-hybridized carbons (Fsp3) is 0.531. The zero-order chi connectivity index (χ0) is 28.6. The third kappa shape index (κ3) is 5.64. The summed E-state index contributed by atoms with van der Waals surface area (Å²) in [6, 6.07) is 5.00. The maximum absolute atomic E-state index is 14.4. The molecule has 1 unspecified atom stereocenters. The summed E-state index contributed by atoms with van der Waals surface area (Å²) < 4.78 is 16.4. The summed E-state index contributed by atoms with van der Waals surface area (Å²) in [5.41, 5.74) is 4.30. The van der Waals surface area contributed by atoms with Crippen LogP contribution in [-0.4, -0.2) is 81.4 Å². The molecule has 2 amide bonds. The van der Waals surface area contributed by atoms with Crippen LogP contribution in [0.3, 0.4) is 0 Å². The SMILES string of the molecule is CC(=O)N1CCCC(N2CC[C@@H](Cc3cn(-c4ccc(F)cc4C(=O)N(C)C(C)C)c4cncc(C)c34)C2)CC1. The third-order valence-electron chi connectivity index (χ3n) is 9.01. The highest BCUT2D eigenvalue weighted by Gasteiger charge is 2.31. The van der Waals surface area contributed by atoms with Crippen molar-refractivity contribution in [2.24, 2.45) is 5.92 Å². The molecule has 0 spiro atoms. The molecular weight excluding hydrogens is 505 g/mol. The molecule has 2 aliphatic heterocycles. The first kappa shape index (κ1) is 28.3. The van der Waals surface area contributed by atoms with Crippen LogP contribution in [0.2, 0.25) is 0 Å². The van der Waals surface area contributed by atoms with E-state index in [9.17, 15) is 14.0 Å². The Morgan fingerprint density at radius 2 is 1.93 bits per heavy atom. The summed E-state index contributed by atoms with van der Waals surface area (Å²) >= 11 is 0. The van der Waals surface area contributed by atoms with Gasteiger partial charge in [0.1, 0.15) is 5.82 Å². The highest BCUT2D eigenvalue weighted by atomic mass is 19.1. The lowest BCUT2D eigenvalue weighted by Gasteiger charge is -2.27. The molecule has 8 heteroatoms. The van der Waals surface area contributed by atoms with Crippen molar-refractivity contribution in [1.29, 1.82) is 0 Å². The second-order valence-corrected chi connectivity index (χ2v) is 12.0. The molecule has 0 radical (unpaired) electrons. The Morgan fingerprint density at radius 1 is 1.12 bits per heavy atom. The van der Waals surface area contributed by atoms with Gasteiger partial charge >= 0.3 is 0 Å². The summed E-state index contributed by atoms with van der Waals surface area (Å²) in [7, 11) is 1.75. The molecule has 0 N–H and O–H groups in total. The van der Waals surface area contributed by atoms with Crippen molar-refractivity contribution in [3.63, 3.8) is 0 Å². The number of fused-ring (bicyclic) bond motifs is 1. The van der Waals surface area contributed by atoms with E-state index in [2.05, 4.69) is 23.0 Å². The van der Waals surface area contributed by atoms with Gasteiger partial charge in [0.15, 0.2) is 0 Å². The Bertz CT molecular complexity index is 1400. The number of rotatable bonds is 6. The lowest BCUT2D eigenvalue weighted by atomic mass is 9.97. The molecule has 1 aromatic carbocycles. The zero-order valence-electron chi connectivity index (χ0n) is 24.5. The van der Waals surface area contributed by atoms with Gasteiger partial charge in [0.05, 0.1) is 23.0 Å². The number of aryl methyl sites for hydroxylation is 1. The molecule has 2 fully saturated rings. The van der Waals surface area contributed by atoms with E-state index in [1.807, 2.05) is 35.7 Å². The molecule has 4 heterocycles. The number of nitrogens with zero attached hydrogens (tertiary/aromatic N) is 5. The number of likely N-dealkylation sites (tertiary alicyclic amines) is 2. The average Bonchev–Trinajstić information content (AvgIpc) is 3.45. The standard InChI is InChI=1S/C32H42FN5O2/c1-21(2)35(5)32(40)28-16-26(33)8-9-29(28)38-20-25(31-22(3)17-34-18-30(31)38)15-24-10-13-37(19-24)27-7-6-12-36(14-11-27)23(4)39/h8-9,16-18,20-21,24,27H,6-7,10-15,19H2,1-5H3/t24-,27?/m0/s1. The number of carbonyl (C=O) groups excluding carboxylic acids is 2. The average molecular weight is 548 g/mol. The Balaban J connectivity index is 1.42. The fourth-order valence-electron chi connectivity index (χ4n) is 6.54. The molecule has 40 heavy (non-hydrogen) atoms. The van der Waals surface area contributed by atoms with Gasteiger partial charge in [-0.25, -0.2) is 4.39 Å². The number of carbonyl (C=O) groups is 2. The number of pyridine rings is 1. The van der Waals surface area contributed by atoms with E-state index in [4.69, 9.17) is 0 Å². The number of hydrogen-bond acceptors (Lipinski definition) is 4. The summed E-state index contributed by atoms with van der Waals surface area (Å²) in [4.78, 5) is 36.0. The maximum Gasteiger partial charge on any atom is 0.256 e. The summed E-state index contributed by atoms with van der Waals surface area (Å²) in [6.07, 6.45) is 11.2. The quantitative estimate of drug-likeness (QED) is 0.425. The van der Waals surface area contributed by atoms with Gasteiger partial charge in [-0.2, -0.15) is 0 Å². The third-order valence-corrected chi connectivity index (χ3v) is 9.01. The first-order valence-corrected chi connectivity index (χ1v) is 14.6. The van der Waals surface area contributed by atoms with Crippen molar-refractivity contribution < 1.29 is 14.0 Å². The number of hydrogen-bond donors (Lipinski definition) is 0. The van der Waals surface area contributed by atoms with Crippen molar-refractivity contribution in [3.8, 4) is 5.69 Å². The smallest absolute Gasteiger partial charge is 0.256 e. The molecule has 2 aliphatic rings. The van der Waals surface area contributed by atoms with Crippen LogP contribution < -0.4 is 0 Å². The van der Waals surface area contributed by atoms with Crippen molar-refractivity contribution in [1.82, 2.24) is 24.3 Å². The molecule has 0 saturated carbocycles. The second kappa shape index (κ2) is 11.7. The lowest BCUT2D eigenvalue weighted by Crippen LogP contribution is -2.35. The van der Waals surface area contributed by atoms with E-state index in [1.54, 1.807) is 24.9 Å². The summed E-state index contributed by atoms with van der Waals surface area (Å²) in [6.45, 7) is 11.5. The monoisotopic (exact) mass is 547 g/mol. The lowest BCUT2D eigenvalue weighted by molar-refractivity contribution is -0.128. The van der Waals surface area contributed by atoms with Crippen LogP contribution in [0.15, 0.2) is 36.8 Å². The van der Waals surface area contributed by atoms with E-state index in [-0.39, 0.29) is 17.9 Å². The van der Waals surface area contributed by atoms with Crippen LogP contribution in [-0.2, 0) is 11.2 Å². The molecule has 3 aromatic rings. The molecule has 0 aliphatic carbocycles. The molecule has 0 bridgehead atoms. The second-order valence-electron chi connectivity index (χ2n) is 12.0. The molecule has 5 rings (SSSR count). The van der Waals surface area contributed by atoms with E-state index in [1.165, 1.54) is 23.1 Å². The molecule has 7 nitrogen and oxygen atoms in total. The van der Waals surface area contributed by atoms with Crippen molar-refractivity contribution in [2.45, 2.75) is 71.9 Å².